The summed E-state index contributed by atoms with van der Waals surface area (Å²) >= 11 is 1.77. The van der Waals surface area contributed by atoms with E-state index in [1.807, 2.05) is 0 Å². The fourth-order valence-electron chi connectivity index (χ4n) is 9.08. The van der Waals surface area contributed by atoms with Crippen LogP contribution in [0.1, 0.15) is 17.7 Å². The Labute approximate surface area is 333 Å². The first kappa shape index (κ1) is 32.2. The standard InChI is InChI=1S/C52H34N4S/c1-4-16-34(17-5-1)47-32-43-51(57-47)49(35-18-6-2-7-19-35)54-52(53-43)56-44-25-13-12-23-41(44)48-38(24-14-26-46(48)56)36-28-30-45-42(31-36)40-29-27-33-15-10-11-22-39(33)50(40)55(45)37-20-8-3-9-21-37/h1-12,14-24,26-32H,13,25H2. The molecule has 7 aromatic carbocycles. The minimum atomic E-state index is 0.714. The number of nitrogens with zero attached hydrogens (tertiary/aromatic N) is 4. The van der Waals surface area contributed by atoms with Gasteiger partial charge in [-0.3, -0.25) is 4.57 Å². The molecular formula is C52H34N4S. The third-order valence-corrected chi connectivity index (χ3v) is 12.8. The summed E-state index contributed by atoms with van der Waals surface area (Å²) in [5, 5.41) is 6.22. The molecule has 0 saturated heterocycles. The van der Waals surface area contributed by atoms with Crippen LogP contribution >= 0.6 is 11.3 Å². The highest BCUT2D eigenvalue weighted by molar-refractivity contribution is 7.22. The topological polar surface area (TPSA) is 35.6 Å². The van der Waals surface area contributed by atoms with Crippen molar-refractivity contribution in [3.8, 4) is 44.5 Å². The molecule has 1 aliphatic rings. The van der Waals surface area contributed by atoms with Gasteiger partial charge in [0.2, 0.25) is 5.95 Å². The molecule has 0 saturated carbocycles. The molecular weight excluding hydrogens is 713 g/mol. The first-order valence-electron chi connectivity index (χ1n) is 19.6. The van der Waals surface area contributed by atoms with Crippen LogP contribution in [0.3, 0.4) is 0 Å². The lowest BCUT2D eigenvalue weighted by Crippen LogP contribution is -2.07. The zero-order valence-corrected chi connectivity index (χ0v) is 31.7. The average Bonchev–Trinajstić information content (AvgIpc) is 3.97. The minimum absolute atomic E-state index is 0.714. The quantitative estimate of drug-likeness (QED) is 0.176. The second-order valence-corrected chi connectivity index (χ2v) is 15.9. The van der Waals surface area contributed by atoms with E-state index >= 15 is 0 Å². The van der Waals surface area contributed by atoms with E-state index in [1.165, 1.54) is 70.8 Å². The lowest BCUT2D eigenvalue weighted by atomic mass is 9.94. The van der Waals surface area contributed by atoms with Crippen LogP contribution in [0.25, 0.3) is 104 Å². The van der Waals surface area contributed by atoms with Gasteiger partial charge in [-0.15, -0.1) is 11.3 Å². The summed E-state index contributed by atoms with van der Waals surface area (Å²) < 4.78 is 5.88. The molecule has 4 nitrogen and oxygen atoms in total. The molecule has 0 amide bonds. The van der Waals surface area contributed by atoms with Gasteiger partial charge in [0.05, 0.1) is 32.5 Å². The molecule has 268 valence electrons. The van der Waals surface area contributed by atoms with Gasteiger partial charge in [-0.2, -0.15) is 0 Å². The van der Waals surface area contributed by atoms with E-state index in [9.17, 15) is 0 Å². The molecule has 12 rings (SSSR count). The maximum atomic E-state index is 5.45. The molecule has 0 N–H and O–H groups in total. The lowest BCUT2D eigenvalue weighted by molar-refractivity contribution is 0.853. The summed E-state index contributed by atoms with van der Waals surface area (Å²) in [4.78, 5) is 12.0. The Morgan fingerprint density at radius 2 is 1.32 bits per heavy atom. The number of rotatable bonds is 5. The van der Waals surface area contributed by atoms with Crippen molar-refractivity contribution in [1.29, 1.82) is 0 Å². The minimum Gasteiger partial charge on any atom is -0.309 e. The highest BCUT2D eigenvalue weighted by Gasteiger charge is 2.25. The Morgan fingerprint density at radius 3 is 2.16 bits per heavy atom. The van der Waals surface area contributed by atoms with Gasteiger partial charge in [-0.25, -0.2) is 9.97 Å². The number of hydrogen-bond donors (Lipinski definition) is 0. The normalized spacial score (nSPS) is 12.7. The second-order valence-electron chi connectivity index (χ2n) is 14.9. The molecule has 11 aromatic rings. The third-order valence-electron chi connectivity index (χ3n) is 11.6. The Kier molecular flexibility index (Phi) is 7.19. The van der Waals surface area contributed by atoms with Crippen molar-refractivity contribution in [3.05, 3.63) is 187 Å². The van der Waals surface area contributed by atoms with E-state index in [0.29, 0.717) is 5.95 Å². The first-order chi connectivity index (χ1) is 28.3. The number of thiophene rings is 1. The van der Waals surface area contributed by atoms with Crippen molar-refractivity contribution in [2.24, 2.45) is 0 Å². The van der Waals surface area contributed by atoms with Crippen molar-refractivity contribution in [3.63, 3.8) is 0 Å². The molecule has 0 fully saturated rings. The molecule has 57 heavy (non-hydrogen) atoms. The molecule has 1 aliphatic carbocycles. The van der Waals surface area contributed by atoms with Gasteiger partial charge in [-0.05, 0) is 71.3 Å². The van der Waals surface area contributed by atoms with Crippen LogP contribution in [0, 0.1) is 0 Å². The van der Waals surface area contributed by atoms with Gasteiger partial charge in [0.15, 0.2) is 0 Å². The number of aromatic nitrogens is 4. The highest BCUT2D eigenvalue weighted by Crippen LogP contribution is 2.44. The summed E-state index contributed by atoms with van der Waals surface area (Å²) in [5.74, 6) is 0.714. The van der Waals surface area contributed by atoms with Crippen LogP contribution in [-0.2, 0) is 6.42 Å². The van der Waals surface area contributed by atoms with Crippen LogP contribution in [0.2, 0.25) is 0 Å². The molecule has 4 heterocycles. The third kappa shape index (κ3) is 4.99. The predicted octanol–water partition coefficient (Wildman–Crippen LogP) is 13.8. The van der Waals surface area contributed by atoms with Crippen LogP contribution in [0.15, 0.2) is 176 Å². The monoisotopic (exact) mass is 746 g/mol. The molecule has 0 spiro atoms. The Morgan fingerprint density at radius 1 is 0.544 bits per heavy atom. The molecule has 0 aliphatic heterocycles. The zero-order chi connectivity index (χ0) is 37.5. The van der Waals surface area contributed by atoms with Gasteiger partial charge >= 0.3 is 0 Å². The fourth-order valence-corrected chi connectivity index (χ4v) is 10.2. The molecule has 5 heteroatoms. The van der Waals surface area contributed by atoms with Crippen molar-refractivity contribution in [2.45, 2.75) is 12.8 Å². The Bertz CT molecular complexity index is 3390. The maximum absolute atomic E-state index is 5.45. The van der Waals surface area contributed by atoms with E-state index < -0.39 is 0 Å². The van der Waals surface area contributed by atoms with E-state index in [4.69, 9.17) is 9.97 Å². The van der Waals surface area contributed by atoms with Crippen LogP contribution < -0.4 is 0 Å². The van der Waals surface area contributed by atoms with E-state index in [0.717, 1.165) is 45.5 Å². The van der Waals surface area contributed by atoms with Crippen molar-refractivity contribution in [2.75, 3.05) is 0 Å². The predicted molar refractivity (Wildman–Crippen MR) is 240 cm³/mol. The van der Waals surface area contributed by atoms with Crippen LogP contribution in [-0.4, -0.2) is 19.1 Å². The molecule has 0 unspecified atom stereocenters. The van der Waals surface area contributed by atoms with Gasteiger partial charge in [0.1, 0.15) is 0 Å². The largest absolute Gasteiger partial charge is 0.309 e. The van der Waals surface area contributed by atoms with E-state index in [2.05, 4.69) is 191 Å². The van der Waals surface area contributed by atoms with Gasteiger partial charge in [-0.1, -0.05) is 146 Å². The SMILES string of the molecule is C1=Cc2c(n(-c3nc(-c4ccccc4)c4sc(-c5ccccc5)cc4n3)c3cccc(-c4ccc5c(c4)c4ccc6ccccc6c4n5-c4ccccc4)c23)CC1. The van der Waals surface area contributed by atoms with E-state index in [1.54, 1.807) is 11.3 Å². The van der Waals surface area contributed by atoms with E-state index in [-0.39, 0.29) is 0 Å². The number of allylic oxidation sites excluding steroid dienone is 1. The summed E-state index contributed by atoms with van der Waals surface area (Å²) in [5.41, 5.74) is 13.9. The second kappa shape index (κ2) is 12.7. The summed E-state index contributed by atoms with van der Waals surface area (Å²) in [6.07, 6.45) is 6.52. The van der Waals surface area contributed by atoms with Crippen LogP contribution in [0.5, 0.6) is 0 Å². The number of benzene rings is 7. The summed E-state index contributed by atoms with van der Waals surface area (Å²) in [6, 6.07) is 61.2. The van der Waals surface area contributed by atoms with Gasteiger partial charge < -0.3 is 4.57 Å². The Hall–Kier alpha value is -7.08. The average molecular weight is 747 g/mol. The molecule has 0 radical (unpaired) electrons. The number of para-hydroxylation sites is 1. The van der Waals surface area contributed by atoms with Gasteiger partial charge in [0, 0.05) is 48.9 Å². The Balaban J connectivity index is 1.10. The fraction of sp³-hybridized carbons (Fsp3) is 0.0385. The van der Waals surface area contributed by atoms with Crippen molar-refractivity contribution in [1.82, 2.24) is 19.1 Å². The first-order valence-corrected chi connectivity index (χ1v) is 20.4. The molecule has 4 aromatic heterocycles. The smallest absolute Gasteiger partial charge is 0.235 e. The molecule has 0 atom stereocenters. The molecule has 0 bridgehead atoms. The lowest BCUT2D eigenvalue weighted by Gasteiger charge is -2.13. The summed E-state index contributed by atoms with van der Waals surface area (Å²) in [6.45, 7) is 0. The highest BCUT2D eigenvalue weighted by atomic mass is 32.1. The number of hydrogen-bond acceptors (Lipinski definition) is 3. The summed E-state index contributed by atoms with van der Waals surface area (Å²) in [7, 11) is 0. The van der Waals surface area contributed by atoms with Crippen LogP contribution in [0.4, 0.5) is 0 Å². The van der Waals surface area contributed by atoms with Crippen molar-refractivity contribution >= 4 is 71.1 Å². The maximum Gasteiger partial charge on any atom is 0.235 e. The van der Waals surface area contributed by atoms with Crippen molar-refractivity contribution < 1.29 is 0 Å². The van der Waals surface area contributed by atoms with Gasteiger partial charge in [0.25, 0.3) is 0 Å². The zero-order valence-electron chi connectivity index (χ0n) is 30.9. The number of fused-ring (bicyclic) bond motifs is 9.